The normalized spacial score (nSPS) is 15.3. The Morgan fingerprint density at radius 1 is 1.28 bits per heavy atom. The van der Waals surface area contributed by atoms with Crippen LogP contribution in [0.25, 0.3) is 0 Å². The minimum atomic E-state index is -0.0153. The maximum absolute atomic E-state index is 12.8. The molecule has 0 atom stereocenters. The molecule has 0 aromatic heterocycles. The predicted molar refractivity (Wildman–Crippen MR) is 101 cm³/mol. The van der Waals surface area contributed by atoms with Gasteiger partial charge >= 0.3 is 0 Å². The Morgan fingerprint density at radius 3 is 2.60 bits per heavy atom. The lowest BCUT2D eigenvalue weighted by Gasteiger charge is -2.31. The smallest absolute Gasteiger partial charge is 0.254 e. The average molecular weight is 369 g/mol. The Kier molecular flexibility index (Phi) is 7.85. The average Bonchev–Trinajstić information content (AvgIpc) is 2.63. The van der Waals surface area contributed by atoms with Gasteiger partial charge in [-0.25, -0.2) is 0 Å². The highest BCUT2D eigenvalue weighted by Gasteiger charge is 2.24. The molecule has 1 heterocycles. The summed E-state index contributed by atoms with van der Waals surface area (Å²) in [7, 11) is 0. The van der Waals surface area contributed by atoms with E-state index in [9.17, 15) is 4.79 Å². The summed E-state index contributed by atoms with van der Waals surface area (Å²) in [6, 6.07) is 3.43. The molecular weight excluding hydrogens is 340 g/mol. The Morgan fingerprint density at radius 2 is 2.00 bits per heavy atom. The number of piperidine rings is 1. The van der Waals surface area contributed by atoms with Crippen molar-refractivity contribution in [3.8, 4) is 11.5 Å². The summed E-state index contributed by atoms with van der Waals surface area (Å²) in [5.41, 5.74) is 6.27. The monoisotopic (exact) mass is 368 g/mol. The Bertz CT molecular complexity index is 572. The number of unbranched alkanes of at least 4 members (excludes halogenated alkanes) is 1. The van der Waals surface area contributed by atoms with E-state index in [1.54, 1.807) is 12.1 Å². The largest absolute Gasteiger partial charge is 0.490 e. The van der Waals surface area contributed by atoms with Crippen molar-refractivity contribution in [2.24, 2.45) is 11.7 Å². The van der Waals surface area contributed by atoms with Crippen LogP contribution < -0.4 is 15.2 Å². The van der Waals surface area contributed by atoms with Crippen LogP contribution in [0.3, 0.4) is 0 Å². The standard InChI is InChI=1S/C19H29ClN2O3/c1-3-5-10-25-18-16(20)11-15(12-17(18)24-4-2)19(23)22-8-6-14(13-21)7-9-22/h11-12,14H,3-10,13,21H2,1-2H3. The Hall–Kier alpha value is -1.46. The molecule has 25 heavy (non-hydrogen) atoms. The lowest BCUT2D eigenvalue weighted by atomic mass is 9.96. The van der Waals surface area contributed by atoms with Gasteiger partial charge in [-0.2, -0.15) is 0 Å². The minimum Gasteiger partial charge on any atom is -0.490 e. The molecule has 0 bridgehead atoms. The molecular formula is C19H29ClN2O3. The second-order valence-electron chi connectivity index (χ2n) is 6.39. The van der Waals surface area contributed by atoms with Crippen molar-refractivity contribution in [2.45, 2.75) is 39.5 Å². The van der Waals surface area contributed by atoms with E-state index < -0.39 is 0 Å². The number of nitrogens with two attached hydrogens (primary N) is 1. The SMILES string of the molecule is CCCCOc1c(Cl)cc(C(=O)N2CCC(CN)CC2)cc1OCC. The fourth-order valence-corrected chi connectivity index (χ4v) is 3.23. The van der Waals surface area contributed by atoms with Gasteiger partial charge in [0.2, 0.25) is 0 Å². The summed E-state index contributed by atoms with van der Waals surface area (Å²) < 4.78 is 11.4. The number of carbonyl (C=O) groups is 1. The molecule has 0 spiro atoms. The number of amides is 1. The van der Waals surface area contributed by atoms with Gasteiger partial charge in [0.25, 0.3) is 5.91 Å². The van der Waals surface area contributed by atoms with Gasteiger partial charge in [0, 0.05) is 18.7 Å². The molecule has 1 aromatic rings. The lowest BCUT2D eigenvalue weighted by molar-refractivity contribution is 0.0693. The number of hydrogen-bond acceptors (Lipinski definition) is 4. The van der Waals surface area contributed by atoms with Crippen LogP contribution in [0.15, 0.2) is 12.1 Å². The summed E-state index contributed by atoms with van der Waals surface area (Å²) in [5.74, 6) is 1.56. The molecule has 1 aromatic carbocycles. The summed E-state index contributed by atoms with van der Waals surface area (Å²) >= 11 is 6.39. The molecule has 1 aliphatic rings. The highest BCUT2D eigenvalue weighted by atomic mass is 35.5. The molecule has 5 nitrogen and oxygen atoms in total. The van der Waals surface area contributed by atoms with Gasteiger partial charge in [-0.15, -0.1) is 0 Å². The Balaban J connectivity index is 2.16. The van der Waals surface area contributed by atoms with Crippen LogP contribution in [-0.4, -0.2) is 43.7 Å². The summed E-state index contributed by atoms with van der Waals surface area (Å²) in [4.78, 5) is 14.7. The van der Waals surface area contributed by atoms with Gasteiger partial charge in [0.05, 0.1) is 18.2 Å². The van der Waals surface area contributed by atoms with E-state index in [1.807, 2.05) is 11.8 Å². The maximum Gasteiger partial charge on any atom is 0.254 e. The van der Waals surface area contributed by atoms with Crippen LogP contribution in [0.1, 0.15) is 49.9 Å². The number of ether oxygens (including phenoxy) is 2. The van der Waals surface area contributed by atoms with Crippen molar-refractivity contribution in [3.63, 3.8) is 0 Å². The van der Waals surface area contributed by atoms with Crippen LogP contribution >= 0.6 is 11.6 Å². The topological polar surface area (TPSA) is 64.8 Å². The van der Waals surface area contributed by atoms with Crippen LogP contribution in [0, 0.1) is 5.92 Å². The number of hydrogen-bond donors (Lipinski definition) is 1. The molecule has 0 aliphatic carbocycles. The van der Waals surface area contributed by atoms with Gasteiger partial charge in [0.1, 0.15) is 0 Å². The fourth-order valence-electron chi connectivity index (χ4n) is 2.97. The van der Waals surface area contributed by atoms with Gasteiger partial charge in [-0.05, 0) is 50.8 Å². The van der Waals surface area contributed by atoms with Crippen molar-refractivity contribution >= 4 is 17.5 Å². The van der Waals surface area contributed by atoms with Gasteiger partial charge in [-0.1, -0.05) is 24.9 Å². The van der Waals surface area contributed by atoms with E-state index in [1.165, 1.54) is 0 Å². The van der Waals surface area contributed by atoms with Crippen molar-refractivity contribution in [1.29, 1.82) is 0 Å². The van der Waals surface area contributed by atoms with E-state index in [4.69, 9.17) is 26.8 Å². The number of carbonyl (C=O) groups excluding carboxylic acids is 1. The van der Waals surface area contributed by atoms with Crippen molar-refractivity contribution < 1.29 is 14.3 Å². The first-order valence-electron chi connectivity index (χ1n) is 9.19. The zero-order chi connectivity index (χ0) is 18.2. The first-order chi connectivity index (χ1) is 12.1. The first-order valence-corrected chi connectivity index (χ1v) is 9.56. The van der Waals surface area contributed by atoms with E-state index in [0.717, 1.165) is 38.8 Å². The predicted octanol–water partition coefficient (Wildman–Crippen LogP) is 3.73. The van der Waals surface area contributed by atoms with Gasteiger partial charge in [-0.3, -0.25) is 4.79 Å². The molecule has 1 fully saturated rings. The molecule has 2 rings (SSSR count). The zero-order valence-corrected chi connectivity index (χ0v) is 16.0. The third-order valence-electron chi connectivity index (χ3n) is 4.54. The number of likely N-dealkylation sites (tertiary alicyclic amines) is 1. The maximum atomic E-state index is 12.8. The molecule has 0 saturated carbocycles. The molecule has 0 radical (unpaired) electrons. The van der Waals surface area contributed by atoms with E-state index in [-0.39, 0.29) is 5.91 Å². The molecule has 140 valence electrons. The van der Waals surface area contributed by atoms with E-state index in [2.05, 4.69) is 6.92 Å². The minimum absolute atomic E-state index is 0.0153. The second-order valence-corrected chi connectivity index (χ2v) is 6.80. The molecule has 0 unspecified atom stereocenters. The third kappa shape index (κ3) is 5.25. The fraction of sp³-hybridized carbons (Fsp3) is 0.632. The van der Waals surface area contributed by atoms with E-state index >= 15 is 0 Å². The highest BCUT2D eigenvalue weighted by molar-refractivity contribution is 6.32. The summed E-state index contributed by atoms with van der Waals surface area (Å²) in [6.45, 7) is 7.22. The second kappa shape index (κ2) is 9.88. The summed E-state index contributed by atoms with van der Waals surface area (Å²) in [5, 5.41) is 0.419. The molecule has 6 heteroatoms. The van der Waals surface area contributed by atoms with Crippen molar-refractivity contribution in [1.82, 2.24) is 4.90 Å². The number of rotatable bonds is 8. The molecule has 1 saturated heterocycles. The van der Waals surface area contributed by atoms with Gasteiger partial charge in [0.15, 0.2) is 11.5 Å². The number of nitrogens with zero attached hydrogens (tertiary/aromatic N) is 1. The van der Waals surface area contributed by atoms with Crippen LogP contribution in [0.4, 0.5) is 0 Å². The van der Waals surface area contributed by atoms with Crippen LogP contribution in [0.2, 0.25) is 5.02 Å². The third-order valence-corrected chi connectivity index (χ3v) is 4.82. The van der Waals surface area contributed by atoms with Crippen molar-refractivity contribution in [2.75, 3.05) is 32.8 Å². The lowest BCUT2D eigenvalue weighted by Crippen LogP contribution is -2.40. The first kappa shape index (κ1) is 19.9. The van der Waals surface area contributed by atoms with E-state index in [0.29, 0.717) is 47.8 Å². The molecule has 1 aliphatic heterocycles. The quantitative estimate of drug-likeness (QED) is 0.710. The number of halogens is 1. The van der Waals surface area contributed by atoms with Crippen LogP contribution in [-0.2, 0) is 0 Å². The molecule has 2 N–H and O–H groups in total. The highest BCUT2D eigenvalue weighted by Crippen LogP contribution is 2.37. The van der Waals surface area contributed by atoms with Crippen LogP contribution in [0.5, 0.6) is 11.5 Å². The zero-order valence-electron chi connectivity index (χ0n) is 15.2. The summed E-state index contributed by atoms with van der Waals surface area (Å²) in [6.07, 6.45) is 3.88. The Labute approximate surface area is 155 Å². The van der Waals surface area contributed by atoms with Crippen molar-refractivity contribution in [3.05, 3.63) is 22.7 Å². The molecule has 1 amide bonds. The van der Waals surface area contributed by atoms with Gasteiger partial charge < -0.3 is 20.1 Å². The number of benzene rings is 1.